The quantitative estimate of drug-likeness (QED) is 0.762. The van der Waals surface area contributed by atoms with Crippen LogP contribution < -0.4 is 0 Å². The minimum absolute atomic E-state index is 0.102. The van der Waals surface area contributed by atoms with E-state index in [4.69, 9.17) is 0 Å². The van der Waals surface area contributed by atoms with E-state index >= 15 is 0 Å². The van der Waals surface area contributed by atoms with Crippen molar-refractivity contribution in [2.24, 2.45) is 17.3 Å². The molecule has 0 heterocycles. The maximum atomic E-state index is 9.79. The number of aryl methyl sites for hydroxylation is 1. The summed E-state index contributed by atoms with van der Waals surface area (Å²) in [5.74, 6) is -0.111. The molecule has 0 saturated heterocycles. The Morgan fingerprint density at radius 3 is 2.19 bits per heavy atom. The standard InChI is InChI=1S/C19H20N2/c1-4-15-10-11-17(5-2)19(12-20,13-21)18(15)16-8-6-14(3)7-9-16/h4-9,15,17-18H,1-2,10-11H2,3H3/t15-,17-,18-/m0/s1. The lowest BCUT2D eigenvalue weighted by Gasteiger charge is -2.43. The topological polar surface area (TPSA) is 47.6 Å². The summed E-state index contributed by atoms with van der Waals surface area (Å²) < 4.78 is 0. The molecule has 1 aliphatic rings. The Kier molecular flexibility index (Phi) is 4.29. The maximum absolute atomic E-state index is 9.79. The lowest BCUT2D eigenvalue weighted by atomic mass is 9.56. The molecule has 106 valence electrons. The van der Waals surface area contributed by atoms with Gasteiger partial charge < -0.3 is 0 Å². The third-order valence-electron chi connectivity index (χ3n) is 4.71. The van der Waals surface area contributed by atoms with Gasteiger partial charge in [-0.3, -0.25) is 0 Å². The van der Waals surface area contributed by atoms with Gasteiger partial charge >= 0.3 is 0 Å². The van der Waals surface area contributed by atoms with Crippen LogP contribution in [-0.4, -0.2) is 0 Å². The van der Waals surface area contributed by atoms with E-state index in [0.717, 1.165) is 18.4 Å². The zero-order chi connectivity index (χ0) is 15.5. The second-order valence-electron chi connectivity index (χ2n) is 5.80. The third-order valence-corrected chi connectivity index (χ3v) is 4.71. The van der Waals surface area contributed by atoms with Crippen LogP contribution in [0.5, 0.6) is 0 Å². The maximum Gasteiger partial charge on any atom is 0.157 e. The Labute approximate surface area is 127 Å². The molecule has 1 aromatic carbocycles. The number of hydrogen-bond donors (Lipinski definition) is 0. The van der Waals surface area contributed by atoms with Crippen LogP contribution in [0.1, 0.15) is 29.9 Å². The highest BCUT2D eigenvalue weighted by Gasteiger charge is 2.51. The number of nitriles is 2. The number of rotatable bonds is 3. The van der Waals surface area contributed by atoms with Crippen LogP contribution in [0.4, 0.5) is 0 Å². The molecule has 0 spiro atoms. The van der Waals surface area contributed by atoms with Crippen molar-refractivity contribution in [2.75, 3.05) is 0 Å². The summed E-state index contributed by atoms with van der Waals surface area (Å²) in [5, 5.41) is 19.6. The molecule has 3 atom stereocenters. The van der Waals surface area contributed by atoms with E-state index in [9.17, 15) is 10.5 Å². The fraction of sp³-hybridized carbons (Fsp3) is 0.368. The van der Waals surface area contributed by atoms with Gasteiger partial charge in [-0.05, 0) is 31.2 Å². The molecule has 0 unspecified atom stereocenters. The Morgan fingerprint density at radius 1 is 1.10 bits per heavy atom. The van der Waals surface area contributed by atoms with Gasteiger partial charge in [0.05, 0.1) is 12.1 Å². The normalized spacial score (nSPS) is 27.1. The fourth-order valence-corrected chi connectivity index (χ4v) is 3.51. The van der Waals surface area contributed by atoms with Crippen molar-refractivity contribution >= 4 is 0 Å². The molecule has 0 aliphatic heterocycles. The zero-order valence-electron chi connectivity index (χ0n) is 12.4. The minimum Gasteiger partial charge on any atom is -0.197 e. The summed E-state index contributed by atoms with van der Waals surface area (Å²) >= 11 is 0. The number of benzene rings is 1. The molecule has 0 radical (unpaired) electrons. The van der Waals surface area contributed by atoms with Crippen molar-refractivity contribution in [3.8, 4) is 12.1 Å². The first kappa shape index (κ1) is 15.1. The summed E-state index contributed by atoms with van der Waals surface area (Å²) in [6.07, 6.45) is 5.41. The van der Waals surface area contributed by atoms with E-state index in [1.165, 1.54) is 5.56 Å². The van der Waals surface area contributed by atoms with Gasteiger partial charge in [0, 0.05) is 11.8 Å². The summed E-state index contributed by atoms with van der Waals surface area (Å²) in [4.78, 5) is 0. The predicted octanol–water partition coefficient (Wildman–Crippen LogP) is 4.51. The van der Waals surface area contributed by atoms with E-state index in [2.05, 4.69) is 25.3 Å². The van der Waals surface area contributed by atoms with Gasteiger partial charge in [-0.2, -0.15) is 10.5 Å². The van der Waals surface area contributed by atoms with E-state index < -0.39 is 5.41 Å². The van der Waals surface area contributed by atoms with Gasteiger partial charge in [0.15, 0.2) is 5.41 Å². The van der Waals surface area contributed by atoms with Gasteiger partial charge in [0.1, 0.15) is 0 Å². The monoisotopic (exact) mass is 276 g/mol. The van der Waals surface area contributed by atoms with Crippen LogP contribution >= 0.6 is 0 Å². The molecule has 1 saturated carbocycles. The predicted molar refractivity (Wildman–Crippen MR) is 84.2 cm³/mol. The number of nitrogens with zero attached hydrogens (tertiary/aromatic N) is 2. The molecular formula is C19H20N2. The van der Waals surface area contributed by atoms with Crippen molar-refractivity contribution < 1.29 is 0 Å². The summed E-state index contributed by atoms with van der Waals surface area (Å²) in [7, 11) is 0. The SMILES string of the molecule is C=C[C@H]1CC[C@H](C=C)C(C#N)(C#N)[C@@H]1c1ccc(C)cc1. The van der Waals surface area contributed by atoms with Gasteiger partial charge in [-0.15, -0.1) is 13.2 Å². The van der Waals surface area contributed by atoms with Crippen LogP contribution in [-0.2, 0) is 0 Å². The van der Waals surface area contributed by atoms with E-state index in [1.54, 1.807) is 6.08 Å². The number of hydrogen-bond acceptors (Lipinski definition) is 2. The Balaban J connectivity index is 2.61. The van der Waals surface area contributed by atoms with Crippen molar-refractivity contribution in [2.45, 2.75) is 25.7 Å². The fourth-order valence-electron chi connectivity index (χ4n) is 3.51. The Hall–Kier alpha value is -2.32. The smallest absolute Gasteiger partial charge is 0.157 e. The molecule has 1 aliphatic carbocycles. The highest BCUT2D eigenvalue weighted by atomic mass is 14.5. The second kappa shape index (κ2) is 5.98. The third kappa shape index (κ3) is 2.39. The Bertz CT molecular complexity index is 598. The summed E-state index contributed by atoms with van der Waals surface area (Å²) in [6, 6.07) is 12.8. The van der Waals surface area contributed by atoms with Gasteiger partial charge in [0.25, 0.3) is 0 Å². The summed E-state index contributed by atoms with van der Waals surface area (Å²) in [6.45, 7) is 9.79. The van der Waals surface area contributed by atoms with Crippen LogP contribution in [0.15, 0.2) is 49.6 Å². The van der Waals surface area contributed by atoms with Crippen molar-refractivity contribution in [1.29, 1.82) is 10.5 Å². The lowest BCUT2D eigenvalue weighted by Crippen LogP contribution is -2.41. The van der Waals surface area contributed by atoms with E-state index in [0.29, 0.717) is 0 Å². The van der Waals surface area contributed by atoms with E-state index in [-0.39, 0.29) is 17.8 Å². The minimum atomic E-state index is -1.06. The molecule has 1 fully saturated rings. The largest absolute Gasteiger partial charge is 0.197 e. The van der Waals surface area contributed by atoms with Crippen molar-refractivity contribution in [1.82, 2.24) is 0 Å². The van der Waals surface area contributed by atoms with Crippen LogP contribution in [0.2, 0.25) is 0 Å². The molecule has 2 rings (SSSR count). The molecule has 0 N–H and O–H groups in total. The van der Waals surface area contributed by atoms with Gasteiger partial charge in [-0.25, -0.2) is 0 Å². The average molecular weight is 276 g/mol. The zero-order valence-corrected chi connectivity index (χ0v) is 12.4. The van der Waals surface area contributed by atoms with Crippen molar-refractivity contribution in [3.05, 3.63) is 60.7 Å². The van der Waals surface area contributed by atoms with Crippen molar-refractivity contribution in [3.63, 3.8) is 0 Å². The van der Waals surface area contributed by atoms with Gasteiger partial charge in [-0.1, -0.05) is 42.0 Å². The van der Waals surface area contributed by atoms with Gasteiger partial charge in [0.2, 0.25) is 0 Å². The first-order valence-electron chi connectivity index (χ1n) is 7.27. The number of allylic oxidation sites excluding steroid dienone is 2. The molecular weight excluding hydrogens is 256 g/mol. The first-order valence-corrected chi connectivity index (χ1v) is 7.27. The average Bonchev–Trinajstić information content (AvgIpc) is 2.54. The summed E-state index contributed by atoms with van der Waals surface area (Å²) in [5.41, 5.74) is 1.15. The lowest BCUT2D eigenvalue weighted by molar-refractivity contribution is 0.184. The molecule has 0 amide bonds. The van der Waals surface area contributed by atoms with E-state index in [1.807, 2.05) is 37.3 Å². The molecule has 0 aromatic heterocycles. The molecule has 1 aromatic rings. The highest BCUT2D eigenvalue weighted by molar-refractivity contribution is 5.37. The van der Waals surface area contributed by atoms with Crippen LogP contribution in [0.3, 0.4) is 0 Å². The molecule has 2 heteroatoms. The Morgan fingerprint density at radius 2 is 1.71 bits per heavy atom. The highest BCUT2D eigenvalue weighted by Crippen LogP contribution is 2.53. The first-order chi connectivity index (χ1) is 10.1. The molecule has 0 bridgehead atoms. The molecule has 2 nitrogen and oxygen atoms in total. The second-order valence-corrected chi connectivity index (χ2v) is 5.80. The van der Waals surface area contributed by atoms with Crippen LogP contribution in [0.25, 0.3) is 0 Å². The molecule has 21 heavy (non-hydrogen) atoms. The van der Waals surface area contributed by atoms with Crippen LogP contribution in [0, 0.1) is 46.8 Å².